The van der Waals surface area contributed by atoms with Crippen LogP contribution in [0.5, 0.6) is 0 Å². The minimum Gasteiger partial charge on any atom is -0.253 e. The largest absolute Gasteiger partial charge is 0.253 e. The minimum absolute atomic E-state index is 0.203. The van der Waals surface area contributed by atoms with Crippen LogP contribution in [0, 0.1) is 0 Å². The van der Waals surface area contributed by atoms with Crippen LogP contribution in [0.1, 0.15) is 77.1 Å². The molecule has 0 N–H and O–H groups in total. The Morgan fingerprint density at radius 3 is 2.24 bits per heavy atom. The monoisotopic (exact) mass is 448 g/mol. The molecule has 1 heterocycles. The Labute approximate surface area is 203 Å². The quantitative estimate of drug-likeness (QED) is 0.410. The summed E-state index contributed by atoms with van der Waals surface area (Å²) < 4.78 is 0. The van der Waals surface area contributed by atoms with Gasteiger partial charge in [0.25, 0.3) is 0 Å². The summed E-state index contributed by atoms with van der Waals surface area (Å²) in [6, 6.07) is 15.6. The highest BCUT2D eigenvalue weighted by Crippen LogP contribution is 2.39. The average molecular weight is 449 g/mol. The lowest BCUT2D eigenvalue weighted by Gasteiger charge is -2.19. The Morgan fingerprint density at radius 1 is 0.939 bits per heavy atom. The summed E-state index contributed by atoms with van der Waals surface area (Å²) in [5, 5.41) is 0. The first-order valence-electron chi connectivity index (χ1n) is 11.9. The number of aliphatic imine (C=N–C) groups is 1. The maximum Gasteiger partial charge on any atom is 0.0711 e. The van der Waals surface area contributed by atoms with Crippen molar-refractivity contribution in [3.05, 3.63) is 99.3 Å². The molecule has 0 saturated carbocycles. The van der Waals surface area contributed by atoms with Crippen molar-refractivity contribution in [2.24, 2.45) is 4.99 Å². The fourth-order valence-electron chi connectivity index (χ4n) is 4.83. The molecule has 167 valence electrons. The predicted octanol–water partition coefficient (Wildman–Crippen LogP) is 8.29. The Kier molecular flexibility index (Phi) is 6.33. The molecule has 0 spiro atoms. The first-order chi connectivity index (χ1) is 15.6. The lowest BCUT2D eigenvalue weighted by atomic mass is 9.86. The Bertz CT molecular complexity index is 1240. The number of allylic oxidation sites excluding steroid dienone is 5. The SMILES string of the molecule is CC1=Cc2c(-c3ccc(C(C)(C)C)cc3)cccc2C1[Si].CCC1=NC2=CC=C(C)C2=C1C. The first kappa shape index (κ1) is 23.4. The molecule has 0 aromatic heterocycles. The molecular formula is C31H34NSi. The van der Waals surface area contributed by atoms with E-state index in [4.69, 9.17) is 0 Å². The second-order valence-electron chi connectivity index (χ2n) is 10.3. The summed E-state index contributed by atoms with van der Waals surface area (Å²) in [6.07, 6.45) is 7.60. The Hall–Kier alpha value is -2.71. The molecule has 1 atom stereocenters. The number of nitrogens with zero attached hydrogens (tertiary/aromatic N) is 1. The molecule has 1 nitrogen and oxygen atoms in total. The van der Waals surface area contributed by atoms with Gasteiger partial charge < -0.3 is 0 Å². The maximum absolute atomic E-state index is 4.55. The summed E-state index contributed by atoms with van der Waals surface area (Å²) in [7, 11) is 3.83. The zero-order valence-corrected chi connectivity index (χ0v) is 22.0. The van der Waals surface area contributed by atoms with Crippen LogP contribution in [-0.4, -0.2) is 16.0 Å². The van der Waals surface area contributed by atoms with E-state index in [-0.39, 0.29) is 5.41 Å². The van der Waals surface area contributed by atoms with Crippen molar-refractivity contribution in [1.29, 1.82) is 0 Å². The van der Waals surface area contributed by atoms with Gasteiger partial charge in [0, 0.05) is 21.5 Å². The zero-order valence-electron chi connectivity index (χ0n) is 21.0. The van der Waals surface area contributed by atoms with E-state index in [1.165, 1.54) is 61.5 Å². The van der Waals surface area contributed by atoms with Gasteiger partial charge in [-0.3, -0.25) is 4.99 Å². The van der Waals surface area contributed by atoms with Crippen molar-refractivity contribution in [3.63, 3.8) is 0 Å². The van der Waals surface area contributed by atoms with Gasteiger partial charge in [-0.2, -0.15) is 0 Å². The van der Waals surface area contributed by atoms with Gasteiger partial charge in [0.05, 0.1) is 5.70 Å². The van der Waals surface area contributed by atoms with Gasteiger partial charge in [0.2, 0.25) is 0 Å². The van der Waals surface area contributed by atoms with Gasteiger partial charge in [-0.05, 0) is 83.2 Å². The summed E-state index contributed by atoms with van der Waals surface area (Å²) >= 11 is 0. The molecule has 2 aromatic carbocycles. The third-order valence-corrected chi connectivity index (χ3v) is 7.65. The fraction of sp³-hybridized carbons (Fsp3) is 0.323. The normalized spacial score (nSPS) is 18.7. The van der Waals surface area contributed by atoms with E-state index in [1.807, 2.05) is 0 Å². The molecule has 3 radical (unpaired) electrons. The number of hydrogen-bond donors (Lipinski definition) is 0. The van der Waals surface area contributed by atoms with Crippen LogP contribution in [0.3, 0.4) is 0 Å². The van der Waals surface area contributed by atoms with Crippen LogP contribution in [-0.2, 0) is 5.41 Å². The second kappa shape index (κ2) is 8.91. The van der Waals surface area contributed by atoms with Gasteiger partial charge >= 0.3 is 0 Å². The van der Waals surface area contributed by atoms with E-state index >= 15 is 0 Å². The summed E-state index contributed by atoms with van der Waals surface area (Å²) in [6.45, 7) is 15.4. The molecule has 33 heavy (non-hydrogen) atoms. The van der Waals surface area contributed by atoms with E-state index in [0.29, 0.717) is 5.54 Å². The van der Waals surface area contributed by atoms with Crippen molar-refractivity contribution in [1.82, 2.24) is 0 Å². The summed E-state index contributed by atoms with van der Waals surface area (Å²) in [5.41, 5.74) is 15.2. The van der Waals surface area contributed by atoms with Gasteiger partial charge in [0.1, 0.15) is 0 Å². The van der Waals surface area contributed by atoms with E-state index in [2.05, 4.69) is 124 Å². The van der Waals surface area contributed by atoms with Gasteiger partial charge in [0.15, 0.2) is 0 Å². The van der Waals surface area contributed by atoms with Crippen molar-refractivity contribution >= 4 is 22.0 Å². The molecule has 2 aliphatic carbocycles. The molecule has 1 aliphatic heterocycles. The molecule has 3 aliphatic rings. The molecule has 0 amide bonds. The fourth-order valence-corrected chi connectivity index (χ4v) is 5.16. The molecule has 2 aromatic rings. The van der Waals surface area contributed by atoms with Crippen LogP contribution in [0.2, 0.25) is 0 Å². The lowest BCUT2D eigenvalue weighted by Crippen LogP contribution is -2.10. The van der Waals surface area contributed by atoms with Crippen molar-refractivity contribution < 1.29 is 0 Å². The van der Waals surface area contributed by atoms with Crippen molar-refractivity contribution in [3.8, 4) is 11.1 Å². The number of rotatable bonds is 2. The molecule has 5 rings (SSSR count). The predicted molar refractivity (Wildman–Crippen MR) is 145 cm³/mol. The molecule has 0 bridgehead atoms. The van der Waals surface area contributed by atoms with Crippen LogP contribution >= 0.6 is 0 Å². The number of benzene rings is 2. The second-order valence-corrected chi connectivity index (χ2v) is 10.8. The van der Waals surface area contributed by atoms with Crippen LogP contribution in [0.4, 0.5) is 0 Å². The Balaban J connectivity index is 0.000000183. The Morgan fingerprint density at radius 2 is 1.64 bits per heavy atom. The standard InChI is InChI=1S/C20H21Si.C11H13N/c1-13-12-18-16(6-5-7-17(18)19(13)21)14-8-10-15(11-9-14)20(2,3)4;1-4-9-8(3)11-7(2)5-6-10(11)12-9/h5-12,19H,1-4H3;5-6H,4H2,1-3H3. The van der Waals surface area contributed by atoms with Gasteiger partial charge in [-0.25, -0.2) is 0 Å². The van der Waals surface area contributed by atoms with E-state index < -0.39 is 0 Å². The number of hydrogen-bond acceptors (Lipinski definition) is 1. The topological polar surface area (TPSA) is 12.4 Å². The number of fused-ring (bicyclic) bond motifs is 2. The van der Waals surface area contributed by atoms with E-state index in [0.717, 1.165) is 6.42 Å². The van der Waals surface area contributed by atoms with Gasteiger partial charge in [-0.15, -0.1) is 0 Å². The summed E-state index contributed by atoms with van der Waals surface area (Å²) in [4.78, 5) is 4.55. The smallest absolute Gasteiger partial charge is 0.0711 e. The van der Waals surface area contributed by atoms with Crippen LogP contribution in [0.15, 0.2) is 87.6 Å². The first-order valence-corrected chi connectivity index (χ1v) is 12.5. The van der Waals surface area contributed by atoms with Gasteiger partial charge in [-0.1, -0.05) is 87.9 Å². The zero-order chi connectivity index (χ0) is 23.9. The average Bonchev–Trinajstić information content (AvgIpc) is 3.41. The maximum atomic E-state index is 4.55. The molecule has 0 saturated heterocycles. The van der Waals surface area contributed by atoms with E-state index in [1.54, 1.807) is 0 Å². The highest BCUT2D eigenvalue weighted by atomic mass is 28.1. The lowest BCUT2D eigenvalue weighted by molar-refractivity contribution is 0.590. The minimum atomic E-state index is 0.203. The molecule has 2 heteroatoms. The van der Waals surface area contributed by atoms with Crippen molar-refractivity contribution in [2.45, 2.75) is 65.8 Å². The highest BCUT2D eigenvalue weighted by Gasteiger charge is 2.23. The molecular weight excluding hydrogens is 414 g/mol. The van der Waals surface area contributed by atoms with E-state index in [9.17, 15) is 0 Å². The van der Waals surface area contributed by atoms with Crippen molar-refractivity contribution in [2.75, 3.05) is 0 Å². The molecule has 0 fully saturated rings. The molecule has 1 unspecified atom stereocenters. The van der Waals surface area contributed by atoms with Crippen LogP contribution < -0.4 is 0 Å². The third kappa shape index (κ3) is 4.41. The summed E-state index contributed by atoms with van der Waals surface area (Å²) in [5.74, 6) is 0. The highest BCUT2D eigenvalue weighted by molar-refractivity contribution is 6.16. The third-order valence-electron chi connectivity index (χ3n) is 6.88. The van der Waals surface area contributed by atoms with Crippen LogP contribution in [0.25, 0.3) is 17.2 Å².